The van der Waals surface area contributed by atoms with E-state index in [0.717, 1.165) is 17.1 Å². The van der Waals surface area contributed by atoms with Crippen molar-refractivity contribution in [3.63, 3.8) is 0 Å². The molecule has 16 rings (SSSR count). The van der Waals surface area contributed by atoms with Crippen LogP contribution in [0.15, 0.2) is 267 Å². The van der Waals surface area contributed by atoms with E-state index in [4.69, 9.17) is 0 Å². The van der Waals surface area contributed by atoms with Crippen LogP contribution in [0.25, 0.3) is 87.6 Å². The fourth-order valence-electron chi connectivity index (χ4n) is 13.7. The molecule has 0 amide bonds. The molecular formula is C71H45N2+. The second-order valence-corrected chi connectivity index (χ2v) is 20.1. The van der Waals surface area contributed by atoms with Crippen molar-refractivity contribution in [2.75, 3.05) is 4.90 Å². The number of nitrogens with zero attached hydrogens (tertiary/aromatic N) is 2. The zero-order chi connectivity index (χ0) is 47.8. The highest BCUT2D eigenvalue weighted by Crippen LogP contribution is 2.64. The van der Waals surface area contributed by atoms with Gasteiger partial charge in [-0.25, -0.2) is 0 Å². The van der Waals surface area contributed by atoms with E-state index in [1.807, 2.05) is 0 Å². The largest absolute Gasteiger partial charge is 0.310 e. The lowest BCUT2D eigenvalue weighted by Gasteiger charge is -2.33. The van der Waals surface area contributed by atoms with E-state index in [1.165, 1.54) is 121 Å². The first-order valence-corrected chi connectivity index (χ1v) is 25.5. The van der Waals surface area contributed by atoms with Crippen molar-refractivity contribution in [2.45, 2.75) is 11.5 Å². The summed E-state index contributed by atoms with van der Waals surface area (Å²) in [5.74, 6) is 0. The number of aromatic nitrogens is 1. The van der Waals surface area contributed by atoms with Crippen molar-refractivity contribution >= 4 is 60.2 Å². The van der Waals surface area contributed by atoms with Gasteiger partial charge < -0.3 is 4.90 Å². The molecule has 2 nitrogen and oxygen atoms in total. The topological polar surface area (TPSA) is 7.12 Å². The summed E-state index contributed by atoms with van der Waals surface area (Å²) in [6.07, 6.45) is 4.40. The molecule has 1 aromatic heterocycles. The molecule has 0 saturated heterocycles. The van der Waals surface area contributed by atoms with Crippen molar-refractivity contribution in [1.82, 2.24) is 0 Å². The number of anilines is 3. The van der Waals surface area contributed by atoms with Gasteiger partial charge in [0.1, 0.15) is 0 Å². The Labute approximate surface area is 424 Å². The van der Waals surface area contributed by atoms with Crippen molar-refractivity contribution in [3.05, 3.63) is 301 Å². The number of pyridine rings is 1. The summed E-state index contributed by atoms with van der Waals surface area (Å²) in [6, 6.07) is 96.1. The molecule has 3 aliphatic rings. The number of rotatable bonds is 5. The van der Waals surface area contributed by atoms with E-state index in [2.05, 4.69) is 277 Å². The highest BCUT2D eigenvalue weighted by Gasteiger charge is 2.52. The van der Waals surface area contributed by atoms with Crippen LogP contribution in [0.1, 0.15) is 39.4 Å². The molecule has 12 aromatic carbocycles. The molecule has 3 aliphatic carbocycles. The van der Waals surface area contributed by atoms with E-state index in [1.54, 1.807) is 0 Å². The molecule has 1 spiro atoms. The lowest BCUT2D eigenvalue weighted by Crippen LogP contribution is -2.38. The number of fused-ring (bicyclic) bond motifs is 20. The van der Waals surface area contributed by atoms with Crippen molar-refractivity contribution < 1.29 is 4.57 Å². The number of benzene rings is 12. The molecule has 1 unspecified atom stereocenters. The van der Waals surface area contributed by atoms with E-state index in [9.17, 15) is 0 Å². The van der Waals surface area contributed by atoms with Crippen LogP contribution in [0.4, 0.5) is 17.1 Å². The summed E-state index contributed by atoms with van der Waals surface area (Å²) in [5.41, 5.74) is 20.8. The van der Waals surface area contributed by atoms with Crippen LogP contribution in [0.5, 0.6) is 0 Å². The minimum atomic E-state index is -0.535. The Morgan fingerprint density at radius 1 is 0.288 bits per heavy atom. The van der Waals surface area contributed by atoms with Gasteiger partial charge in [-0.05, 0) is 147 Å². The van der Waals surface area contributed by atoms with Crippen molar-refractivity contribution in [2.24, 2.45) is 0 Å². The molecule has 0 N–H and O–H groups in total. The summed E-state index contributed by atoms with van der Waals surface area (Å²) >= 11 is 0. The molecule has 338 valence electrons. The Kier molecular flexibility index (Phi) is 8.47. The lowest BCUT2D eigenvalue weighted by molar-refractivity contribution is -0.704. The van der Waals surface area contributed by atoms with E-state index < -0.39 is 5.41 Å². The van der Waals surface area contributed by atoms with E-state index >= 15 is 0 Å². The third kappa shape index (κ3) is 5.55. The summed E-state index contributed by atoms with van der Waals surface area (Å²) in [5, 5.41) is 9.99. The van der Waals surface area contributed by atoms with Gasteiger partial charge in [0.15, 0.2) is 12.4 Å². The first-order valence-electron chi connectivity index (χ1n) is 25.5. The zero-order valence-corrected chi connectivity index (χ0v) is 39.9. The standard InChI is InChI=1S/C71H45N2/c1-16-39-72(40-17-1)70-59-30-9-8-26-54(59)62-42-47(36-38-60(62)70)73(46-35-37-55-52-24-5-4-22-50(52)51-23-6-7-25-53(51)61(55)41-46)69-44-68-63(43-64(69)49-31-18-20-45-19-2-3-21-48(45)49)58-29-12-15-34-67(58)71(68)65-32-13-10-27-56(65)57-28-11-14-33-66(57)71/h1-44,70H/q+1. The van der Waals surface area contributed by atoms with Gasteiger partial charge >= 0.3 is 0 Å². The maximum absolute atomic E-state index is 2.60. The molecule has 13 aromatic rings. The molecule has 0 fully saturated rings. The van der Waals surface area contributed by atoms with Crippen LogP contribution in [-0.4, -0.2) is 0 Å². The molecule has 73 heavy (non-hydrogen) atoms. The highest BCUT2D eigenvalue weighted by molar-refractivity contribution is 6.26. The summed E-state index contributed by atoms with van der Waals surface area (Å²) in [7, 11) is 0. The van der Waals surface area contributed by atoms with Gasteiger partial charge in [-0.15, -0.1) is 0 Å². The van der Waals surface area contributed by atoms with Crippen LogP contribution in [0.2, 0.25) is 0 Å². The molecule has 2 heteroatoms. The summed E-state index contributed by atoms with van der Waals surface area (Å²) in [6.45, 7) is 0. The minimum Gasteiger partial charge on any atom is -0.310 e. The lowest BCUT2D eigenvalue weighted by atomic mass is 9.70. The minimum absolute atomic E-state index is 0.0577. The molecule has 1 heterocycles. The molecule has 0 bridgehead atoms. The van der Waals surface area contributed by atoms with Crippen LogP contribution in [0, 0.1) is 0 Å². The number of hydrogen-bond donors (Lipinski definition) is 0. The average molecular weight is 926 g/mol. The molecule has 0 aliphatic heterocycles. The second-order valence-electron chi connectivity index (χ2n) is 20.1. The predicted octanol–water partition coefficient (Wildman–Crippen LogP) is 17.7. The van der Waals surface area contributed by atoms with Crippen molar-refractivity contribution in [3.8, 4) is 44.5 Å². The first kappa shape index (κ1) is 40.4. The summed E-state index contributed by atoms with van der Waals surface area (Å²) < 4.78 is 2.36. The van der Waals surface area contributed by atoms with Gasteiger partial charge in [-0.1, -0.05) is 200 Å². The molecular weight excluding hydrogens is 881 g/mol. The molecule has 0 radical (unpaired) electrons. The Bertz CT molecular complexity index is 4380. The second kappa shape index (κ2) is 15.3. The summed E-state index contributed by atoms with van der Waals surface area (Å²) in [4.78, 5) is 2.59. The van der Waals surface area contributed by atoms with Gasteiger partial charge in [-0.2, -0.15) is 4.57 Å². The third-order valence-electron chi connectivity index (χ3n) is 16.6. The highest BCUT2D eigenvalue weighted by atomic mass is 15.1. The predicted molar refractivity (Wildman–Crippen MR) is 302 cm³/mol. The molecule has 1 atom stereocenters. The van der Waals surface area contributed by atoms with Crippen LogP contribution in [0.3, 0.4) is 0 Å². The van der Waals surface area contributed by atoms with Gasteiger partial charge in [0, 0.05) is 40.2 Å². The van der Waals surface area contributed by atoms with Crippen LogP contribution >= 0.6 is 0 Å². The Balaban J connectivity index is 1.05. The average Bonchev–Trinajstić information content (AvgIpc) is 4.15. The monoisotopic (exact) mass is 925 g/mol. The first-order chi connectivity index (χ1) is 36.2. The zero-order valence-electron chi connectivity index (χ0n) is 39.9. The quantitative estimate of drug-likeness (QED) is 0.123. The smallest absolute Gasteiger partial charge is 0.210 e. The van der Waals surface area contributed by atoms with E-state index in [0.29, 0.717) is 0 Å². The van der Waals surface area contributed by atoms with Gasteiger partial charge in [0.25, 0.3) is 0 Å². The van der Waals surface area contributed by atoms with Crippen LogP contribution in [-0.2, 0) is 5.41 Å². The van der Waals surface area contributed by atoms with E-state index in [-0.39, 0.29) is 6.04 Å². The normalized spacial score (nSPS) is 14.3. The van der Waals surface area contributed by atoms with Crippen LogP contribution < -0.4 is 9.47 Å². The SMILES string of the molecule is c1cc[n+](C2c3ccccc3-c3cc(N(c4ccc5c6ccccc6c6ccccc6c5c4)c4cc5c(cc4-c4cccc6ccccc46)-c4ccccc4C54c5ccccc5-c5ccccc54)ccc32)cc1. The number of hydrogen-bond acceptors (Lipinski definition) is 1. The maximum Gasteiger partial charge on any atom is 0.210 e. The maximum atomic E-state index is 2.60. The fraction of sp³-hybridized carbons (Fsp3) is 0.0282. The van der Waals surface area contributed by atoms with Gasteiger partial charge in [0.05, 0.1) is 11.1 Å². The Morgan fingerprint density at radius 2 is 0.781 bits per heavy atom. The Hall–Kier alpha value is -9.37. The fourth-order valence-corrected chi connectivity index (χ4v) is 13.7. The molecule has 0 saturated carbocycles. The van der Waals surface area contributed by atoms with Crippen molar-refractivity contribution in [1.29, 1.82) is 0 Å². The van der Waals surface area contributed by atoms with Gasteiger partial charge in [0.2, 0.25) is 6.04 Å². The Morgan fingerprint density at radius 3 is 1.47 bits per heavy atom. The third-order valence-corrected chi connectivity index (χ3v) is 16.6. The van der Waals surface area contributed by atoms with Gasteiger partial charge in [-0.3, -0.25) is 0 Å².